The highest BCUT2D eigenvalue weighted by molar-refractivity contribution is 5.93. The van der Waals surface area contributed by atoms with Gasteiger partial charge in [-0.2, -0.15) is 0 Å². The Morgan fingerprint density at radius 1 is 1.00 bits per heavy atom. The zero-order chi connectivity index (χ0) is 28.9. The molecular weight excluding hydrogens is 528 g/mol. The number of fused-ring (bicyclic) bond motifs is 2. The first-order chi connectivity index (χ1) is 20.6. The molecule has 1 atom stereocenters. The van der Waals surface area contributed by atoms with E-state index in [-0.39, 0.29) is 13.2 Å². The first-order valence-corrected chi connectivity index (χ1v) is 13.6. The van der Waals surface area contributed by atoms with Crippen molar-refractivity contribution in [1.29, 1.82) is 0 Å². The number of benzene rings is 3. The smallest absolute Gasteiger partial charge is 0.141 e. The van der Waals surface area contributed by atoms with Gasteiger partial charge in [0.15, 0.2) is 0 Å². The number of terminal acetylenes is 1. The van der Waals surface area contributed by atoms with Crippen LogP contribution in [0.5, 0.6) is 0 Å². The molecule has 6 aromatic rings. The maximum atomic E-state index is 9.60. The largest absolute Gasteiger partial charge is 0.395 e. The number of nitrogens with one attached hydrogen (secondary N) is 1. The van der Waals surface area contributed by atoms with Crippen LogP contribution < -0.4 is 5.32 Å². The molecule has 3 aromatic heterocycles. The molecule has 0 bridgehead atoms. The molecule has 0 fully saturated rings. The van der Waals surface area contributed by atoms with Crippen LogP contribution in [0, 0.1) is 12.3 Å². The third kappa shape index (κ3) is 5.70. The molecule has 0 radical (unpaired) electrons. The second-order valence-corrected chi connectivity index (χ2v) is 9.97. The van der Waals surface area contributed by atoms with Crippen molar-refractivity contribution in [2.75, 3.05) is 25.1 Å². The number of aromatic nitrogens is 6. The quantitative estimate of drug-likeness (QED) is 0.206. The van der Waals surface area contributed by atoms with Crippen LogP contribution in [-0.4, -0.2) is 70.4 Å². The summed E-state index contributed by atoms with van der Waals surface area (Å²) < 4.78 is 3.92. The summed E-state index contributed by atoms with van der Waals surface area (Å²) in [4.78, 5) is 10.8. The lowest BCUT2D eigenvalue weighted by Gasteiger charge is -2.24. The van der Waals surface area contributed by atoms with Crippen molar-refractivity contribution in [2.24, 2.45) is 0 Å². The zero-order valence-corrected chi connectivity index (χ0v) is 22.9. The topological polar surface area (TPSA) is 117 Å². The Labute approximate surface area is 242 Å². The molecule has 10 heteroatoms. The molecule has 0 aliphatic heterocycles. The predicted octanol–water partition coefficient (Wildman–Crippen LogP) is 3.75. The van der Waals surface area contributed by atoms with Crippen molar-refractivity contribution in [2.45, 2.75) is 19.1 Å². The lowest BCUT2D eigenvalue weighted by molar-refractivity contribution is 0.123. The van der Waals surface area contributed by atoms with Crippen LogP contribution in [-0.2, 0) is 13.1 Å². The van der Waals surface area contributed by atoms with Crippen molar-refractivity contribution in [1.82, 2.24) is 34.4 Å². The van der Waals surface area contributed by atoms with Crippen molar-refractivity contribution in [3.05, 3.63) is 103 Å². The maximum Gasteiger partial charge on any atom is 0.141 e. The lowest BCUT2D eigenvalue weighted by Crippen LogP contribution is -2.38. The van der Waals surface area contributed by atoms with E-state index in [0.717, 1.165) is 39.7 Å². The Kier molecular flexibility index (Phi) is 7.87. The summed E-state index contributed by atoms with van der Waals surface area (Å²) in [6, 6.07) is 24.1. The standard InChI is InChI=1S/C32H30N8O2/c1-2-27(21-42)38(14-15-41)19-26-20-40(37-36-26)28-9-10-30-29(17-28)32(34-22-33-30)35-25-8-11-31-24(16-25)12-13-39(31)18-23-6-4-3-5-7-23/h1,3-13,16-17,20,22,27,41-42H,14-15,18-19,21H2,(H,33,34,35). The molecule has 0 amide bonds. The van der Waals surface area contributed by atoms with Crippen LogP contribution in [0.4, 0.5) is 11.5 Å². The molecule has 0 saturated carbocycles. The summed E-state index contributed by atoms with van der Waals surface area (Å²) in [6.07, 6.45) is 11.0. The van der Waals surface area contributed by atoms with Gasteiger partial charge in [0.2, 0.25) is 0 Å². The molecular formula is C32H30N8O2. The van der Waals surface area contributed by atoms with Gasteiger partial charge < -0.3 is 20.1 Å². The minimum absolute atomic E-state index is 0.0841. The zero-order valence-electron chi connectivity index (χ0n) is 22.9. The van der Waals surface area contributed by atoms with Crippen LogP contribution in [0.25, 0.3) is 27.5 Å². The van der Waals surface area contributed by atoms with E-state index in [1.54, 1.807) is 22.1 Å². The van der Waals surface area contributed by atoms with Crippen LogP contribution in [0.15, 0.2) is 91.5 Å². The summed E-state index contributed by atoms with van der Waals surface area (Å²) in [5, 5.41) is 33.0. The number of anilines is 2. The minimum atomic E-state index is -0.518. The van der Waals surface area contributed by atoms with Crippen molar-refractivity contribution in [3.8, 4) is 18.0 Å². The van der Waals surface area contributed by atoms with E-state index in [2.05, 4.69) is 90.8 Å². The molecule has 0 aliphatic rings. The molecule has 1 unspecified atom stereocenters. The fourth-order valence-corrected chi connectivity index (χ4v) is 5.07. The van der Waals surface area contributed by atoms with E-state index in [4.69, 9.17) is 6.42 Å². The van der Waals surface area contributed by atoms with E-state index in [0.29, 0.717) is 24.6 Å². The number of aliphatic hydroxyl groups is 2. The second kappa shape index (κ2) is 12.2. The Morgan fingerprint density at radius 3 is 2.69 bits per heavy atom. The first kappa shape index (κ1) is 27.1. The third-order valence-corrected chi connectivity index (χ3v) is 7.21. The summed E-state index contributed by atoms with van der Waals surface area (Å²) >= 11 is 0. The van der Waals surface area contributed by atoms with Gasteiger partial charge in [-0.15, -0.1) is 11.5 Å². The normalized spacial score (nSPS) is 12.1. The summed E-state index contributed by atoms with van der Waals surface area (Å²) in [6.45, 7) is 1.17. The minimum Gasteiger partial charge on any atom is -0.395 e. The van der Waals surface area contributed by atoms with Gasteiger partial charge in [-0.25, -0.2) is 14.6 Å². The molecule has 0 saturated heterocycles. The molecule has 42 heavy (non-hydrogen) atoms. The monoisotopic (exact) mass is 558 g/mol. The lowest BCUT2D eigenvalue weighted by atomic mass is 10.2. The van der Waals surface area contributed by atoms with Gasteiger partial charge in [-0.3, -0.25) is 4.90 Å². The molecule has 0 aliphatic carbocycles. The number of rotatable bonds is 11. The highest BCUT2D eigenvalue weighted by Gasteiger charge is 2.17. The molecule has 3 N–H and O–H groups in total. The molecule has 10 nitrogen and oxygen atoms in total. The highest BCUT2D eigenvalue weighted by Crippen LogP contribution is 2.28. The highest BCUT2D eigenvalue weighted by atomic mass is 16.3. The van der Waals surface area contributed by atoms with Gasteiger partial charge in [-0.1, -0.05) is 41.5 Å². The van der Waals surface area contributed by atoms with Gasteiger partial charge in [0, 0.05) is 47.8 Å². The third-order valence-electron chi connectivity index (χ3n) is 7.21. The van der Waals surface area contributed by atoms with E-state index in [1.807, 2.05) is 24.3 Å². The van der Waals surface area contributed by atoms with Gasteiger partial charge >= 0.3 is 0 Å². The van der Waals surface area contributed by atoms with Crippen molar-refractivity contribution in [3.63, 3.8) is 0 Å². The average Bonchev–Trinajstić information content (AvgIpc) is 3.65. The van der Waals surface area contributed by atoms with E-state index >= 15 is 0 Å². The summed E-state index contributed by atoms with van der Waals surface area (Å²) in [7, 11) is 0. The Morgan fingerprint density at radius 2 is 1.88 bits per heavy atom. The van der Waals surface area contributed by atoms with E-state index in [1.165, 1.54) is 5.56 Å². The van der Waals surface area contributed by atoms with Crippen LogP contribution >= 0.6 is 0 Å². The average molecular weight is 559 g/mol. The first-order valence-electron chi connectivity index (χ1n) is 13.6. The van der Waals surface area contributed by atoms with Gasteiger partial charge in [0.25, 0.3) is 0 Å². The van der Waals surface area contributed by atoms with E-state index in [9.17, 15) is 10.2 Å². The van der Waals surface area contributed by atoms with Gasteiger partial charge in [0.05, 0.1) is 42.4 Å². The summed E-state index contributed by atoms with van der Waals surface area (Å²) in [5.41, 5.74) is 5.57. The molecule has 3 aromatic carbocycles. The molecule has 210 valence electrons. The number of aliphatic hydroxyl groups excluding tert-OH is 2. The van der Waals surface area contributed by atoms with Crippen LogP contribution in [0.1, 0.15) is 11.3 Å². The number of nitrogens with zero attached hydrogens (tertiary/aromatic N) is 7. The van der Waals surface area contributed by atoms with Crippen LogP contribution in [0.3, 0.4) is 0 Å². The predicted molar refractivity (Wildman–Crippen MR) is 162 cm³/mol. The Bertz CT molecular complexity index is 1860. The van der Waals surface area contributed by atoms with E-state index < -0.39 is 6.04 Å². The second-order valence-electron chi connectivity index (χ2n) is 9.97. The fraction of sp³-hybridized carbons (Fsp3) is 0.188. The van der Waals surface area contributed by atoms with Crippen molar-refractivity contribution >= 4 is 33.3 Å². The summed E-state index contributed by atoms with van der Waals surface area (Å²) in [5.74, 6) is 3.23. The SMILES string of the molecule is C#CC(CO)N(CCO)Cc1cn(-c2ccc3ncnc(Nc4ccc5c(ccn5Cc5ccccc5)c4)c3c2)nn1. The van der Waals surface area contributed by atoms with Crippen LogP contribution in [0.2, 0.25) is 0 Å². The fourth-order valence-electron chi connectivity index (χ4n) is 5.07. The van der Waals surface area contributed by atoms with Gasteiger partial charge in [-0.05, 0) is 48.0 Å². The number of hydrogen-bond acceptors (Lipinski definition) is 8. The number of hydrogen-bond donors (Lipinski definition) is 3. The van der Waals surface area contributed by atoms with Crippen molar-refractivity contribution < 1.29 is 10.2 Å². The molecule has 3 heterocycles. The Hall–Kier alpha value is -5.08. The van der Waals surface area contributed by atoms with Gasteiger partial charge in [0.1, 0.15) is 12.1 Å². The molecule has 0 spiro atoms. The Balaban J connectivity index is 1.24. The molecule has 6 rings (SSSR count). The maximum absolute atomic E-state index is 9.60.